The molecule has 1 aromatic heterocycles. The number of H-pyrrole nitrogens is 1. The number of nitrogens with zero attached hydrogens (tertiary/aromatic N) is 2. The lowest BCUT2D eigenvalue weighted by Crippen LogP contribution is -2.23. The number of hydrogen-bond donors (Lipinski definition) is 1. The first-order chi connectivity index (χ1) is 12.7. The number of esters is 1. The maximum atomic E-state index is 12.2. The minimum atomic E-state index is -0.394. The van der Waals surface area contributed by atoms with Gasteiger partial charge in [0, 0.05) is 19.5 Å². The number of carbonyl (C=O) groups excluding carboxylic acids is 2. The minimum Gasteiger partial charge on any atom is -0.454 e. The summed E-state index contributed by atoms with van der Waals surface area (Å²) in [7, 11) is 0. The van der Waals surface area contributed by atoms with Crippen LogP contribution in [-0.2, 0) is 22.7 Å². The van der Waals surface area contributed by atoms with Crippen LogP contribution in [0.25, 0.3) is 11.0 Å². The van der Waals surface area contributed by atoms with E-state index < -0.39 is 5.97 Å². The van der Waals surface area contributed by atoms with Gasteiger partial charge in [0.15, 0.2) is 0 Å². The van der Waals surface area contributed by atoms with Crippen molar-refractivity contribution < 1.29 is 14.3 Å². The molecule has 0 atom stereocenters. The molecule has 0 unspecified atom stereocenters. The van der Waals surface area contributed by atoms with Crippen molar-refractivity contribution in [1.29, 1.82) is 0 Å². The molecule has 0 aliphatic carbocycles. The maximum Gasteiger partial charge on any atom is 0.338 e. The highest BCUT2D eigenvalue weighted by atomic mass is 16.5. The van der Waals surface area contributed by atoms with Crippen molar-refractivity contribution in [3.8, 4) is 0 Å². The van der Waals surface area contributed by atoms with Gasteiger partial charge < -0.3 is 14.6 Å². The predicted molar refractivity (Wildman–Crippen MR) is 96.3 cm³/mol. The number of nitrogens with one attached hydrogen (secondary N) is 1. The Kier molecular flexibility index (Phi) is 4.39. The second kappa shape index (κ2) is 7.00. The molecular weight excluding hydrogens is 330 g/mol. The van der Waals surface area contributed by atoms with Crippen LogP contribution in [0.1, 0.15) is 34.6 Å². The summed E-state index contributed by atoms with van der Waals surface area (Å²) in [6.07, 6.45) is 1.55. The Morgan fingerprint density at radius 1 is 1.15 bits per heavy atom. The molecule has 1 fully saturated rings. The number of fused-ring (bicyclic) bond motifs is 1. The summed E-state index contributed by atoms with van der Waals surface area (Å²) in [5, 5.41) is 0. The Labute approximate surface area is 150 Å². The molecule has 1 saturated heterocycles. The lowest BCUT2D eigenvalue weighted by atomic mass is 10.1. The molecule has 2 heterocycles. The van der Waals surface area contributed by atoms with Gasteiger partial charge in [0.2, 0.25) is 5.91 Å². The SMILES string of the molecule is O=C(OCc1nc2ccccc2[nH]1)c1ccc(CN2CCCC2=O)cc1. The Bertz CT molecular complexity index is 913. The van der Waals surface area contributed by atoms with E-state index in [9.17, 15) is 9.59 Å². The van der Waals surface area contributed by atoms with Gasteiger partial charge in [-0.2, -0.15) is 0 Å². The van der Waals surface area contributed by atoms with Crippen molar-refractivity contribution in [2.24, 2.45) is 0 Å². The maximum absolute atomic E-state index is 12.2. The lowest BCUT2D eigenvalue weighted by Gasteiger charge is -2.15. The van der Waals surface area contributed by atoms with Crippen molar-refractivity contribution in [1.82, 2.24) is 14.9 Å². The number of benzene rings is 2. The van der Waals surface area contributed by atoms with Gasteiger partial charge in [-0.15, -0.1) is 0 Å². The van der Waals surface area contributed by atoms with Crippen LogP contribution in [0.2, 0.25) is 0 Å². The van der Waals surface area contributed by atoms with Crippen LogP contribution in [0.15, 0.2) is 48.5 Å². The smallest absolute Gasteiger partial charge is 0.338 e. The van der Waals surface area contributed by atoms with Gasteiger partial charge in [0.25, 0.3) is 0 Å². The summed E-state index contributed by atoms with van der Waals surface area (Å²) in [5.74, 6) is 0.414. The zero-order chi connectivity index (χ0) is 17.9. The van der Waals surface area contributed by atoms with E-state index in [2.05, 4.69) is 9.97 Å². The highest BCUT2D eigenvalue weighted by molar-refractivity contribution is 5.89. The van der Waals surface area contributed by atoms with Crippen LogP contribution in [0.4, 0.5) is 0 Å². The molecule has 3 aromatic rings. The van der Waals surface area contributed by atoms with Crippen LogP contribution < -0.4 is 0 Å². The molecule has 1 aliphatic rings. The molecule has 2 aromatic carbocycles. The van der Waals surface area contributed by atoms with Crippen molar-refractivity contribution in [3.63, 3.8) is 0 Å². The standard InChI is InChI=1S/C20H19N3O3/c24-19-6-3-11-23(19)12-14-7-9-15(10-8-14)20(25)26-13-18-21-16-4-1-2-5-17(16)22-18/h1-2,4-5,7-10H,3,6,11-13H2,(H,21,22). The molecule has 0 spiro atoms. The van der Waals surface area contributed by atoms with Crippen molar-refractivity contribution in [2.75, 3.05) is 6.54 Å². The quantitative estimate of drug-likeness (QED) is 0.719. The molecule has 26 heavy (non-hydrogen) atoms. The summed E-state index contributed by atoms with van der Waals surface area (Å²) in [6, 6.07) is 14.9. The van der Waals surface area contributed by atoms with Gasteiger partial charge >= 0.3 is 5.97 Å². The average molecular weight is 349 g/mol. The van der Waals surface area contributed by atoms with Crippen LogP contribution >= 0.6 is 0 Å². The monoisotopic (exact) mass is 349 g/mol. The number of para-hydroxylation sites is 2. The first kappa shape index (κ1) is 16.3. The average Bonchev–Trinajstić information content (AvgIpc) is 3.26. The molecule has 0 radical (unpaired) electrons. The number of likely N-dealkylation sites (tertiary alicyclic amines) is 1. The molecule has 132 valence electrons. The lowest BCUT2D eigenvalue weighted by molar-refractivity contribution is -0.128. The first-order valence-corrected chi connectivity index (χ1v) is 8.66. The zero-order valence-electron chi connectivity index (χ0n) is 14.3. The fourth-order valence-corrected chi connectivity index (χ4v) is 3.13. The fourth-order valence-electron chi connectivity index (χ4n) is 3.13. The third kappa shape index (κ3) is 3.44. The molecule has 0 saturated carbocycles. The summed E-state index contributed by atoms with van der Waals surface area (Å²) < 4.78 is 5.34. The second-order valence-corrected chi connectivity index (χ2v) is 6.39. The topological polar surface area (TPSA) is 75.3 Å². The van der Waals surface area contributed by atoms with E-state index in [0.717, 1.165) is 29.6 Å². The van der Waals surface area contributed by atoms with E-state index >= 15 is 0 Å². The molecule has 6 nitrogen and oxygen atoms in total. The molecule has 1 N–H and O–H groups in total. The van der Waals surface area contributed by atoms with Gasteiger partial charge in [0.05, 0.1) is 16.6 Å². The second-order valence-electron chi connectivity index (χ2n) is 6.39. The number of amides is 1. The van der Waals surface area contributed by atoms with Crippen LogP contribution in [-0.4, -0.2) is 33.3 Å². The number of aromatic amines is 1. The number of aromatic nitrogens is 2. The molecule has 6 heteroatoms. The van der Waals surface area contributed by atoms with Gasteiger partial charge in [-0.05, 0) is 36.2 Å². The normalized spacial score (nSPS) is 14.2. The van der Waals surface area contributed by atoms with Crippen molar-refractivity contribution >= 4 is 22.9 Å². The van der Waals surface area contributed by atoms with Gasteiger partial charge in [-0.25, -0.2) is 9.78 Å². The molecule has 1 aliphatic heterocycles. The Hall–Kier alpha value is -3.15. The fraction of sp³-hybridized carbons (Fsp3) is 0.250. The van der Waals surface area contributed by atoms with Gasteiger partial charge in [-0.1, -0.05) is 24.3 Å². The minimum absolute atomic E-state index is 0.0948. The van der Waals surface area contributed by atoms with E-state index in [1.807, 2.05) is 41.3 Å². The predicted octanol–water partition coefficient (Wildman–Crippen LogP) is 3.04. The van der Waals surface area contributed by atoms with E-state index in [4.69, 9.17) is 4.74 Å². The molecule has 4 rings (SSSR count). The highest BCUT2D eigenvalue weighted by Gasteiger charge is 2.20. The largest absolute Gasteiger partial charge is 0.454 e. The molecular formula is C20H19N3O3. The van der Waals surface area contributed by atoms with Crippen LogP contribution in [0.3, 0.4) is 0 Å². The molecule has 0 bridgehead atoms. The van der Waals surface area contributed by atoms with Gasteiger partial charge in [0.1, 0.15) is 12.4 Å². The van der Waals surface area contributed by atoms with Crippen LogP contribution in [0, 0.1) is 0 Å². The Morgan fingerprint density at radius 3 is 2.69 bits per heavy atom. The summed E-state index contributed by atoms with van der Waals surface area (Å²) >= 11 is 0. The Balaban J connectivity index is 1.36. The van der Waals surface area contributed by atoms with E-state index in [1.165, 1.54) is 0 Å². The van der Waals surface area contributed by atoms with Crippen LogP contribution in [0.5, 0.6) is 0 Å². The summed E-state index contributed by atoms with van der Waals surface area (Å²) in [4.78, 5) is 33.3. The van der Waals surface area contributed by atoms with Gasteiger partial charge in [-0.3, -0.25) is 4.79 Å². The third-order valence-electron chi connectivity index (χ3n) is 4.51. The number of ether oxygens (including phenoxy) is 1. The number of imidazole rings is 1. The highest BCUT2D eigenvalue weighted by Crippen LogP contribution is 2.16. The molecule has 1 amide bonds. The number of hydrogen-bond acceptors (Lipinski definition) is 4. The van der Waals surface area contributed by atoms with E-state index in [-0.39, 0.29) is 12.5 Å². The van der Waals surface area contributed by atoms with E-state index in [0.29, 0.717) is 24.4 Å². The summed E-state index contributed by atoms with van der Waals surface area (Å²) in [5.41, 5.74) is 3.26. The van der Waals surface area contributed by atoms with E-state index in [1.54, 1.807) is 12.1 Å². The number of carbonyl (C=O) groups is 2. The van der Waals surface area contributed by atoms with Crippen molar-refractivity contribution in [3.05, 3.63) is 65.5 Å². The Morgan fingerprint density at radius 2 is 1.96 bits per heavy atom. The summed E-state index contributed by atoms with van der Waals surface area (Å²) in [6.45, 7) is 1.49. The van der Waals surface area contributed by atoms with Crippen molar-refractivity contribution in [2.45, 2.75) is 26.0 Å². The first-order valence-electron chi connectivity index (χ1n) is 8.66. The number of rotatable bonds is 5. The zero-order valence-corrected chi connectivity index (χ0v) is 14.3. The third-order valence-corrected chi connectivity index (χ3v) is 4.51.